The minimum atomic E-state index is -0.607. The van der Waals surface area contributed by atoms with Crippen LogP contribution in [-0.2, 0) is 4.79 Å². The number of rotatable bonds is 4. The minimum Gasteiger partial charge on any atom is -0.493 e. The number of hydrogen-bond donors (Lipinski definition) is 1. The van der Waals surface area contributed by atoms with Gasteiger partial charge in [-0.2, -0.15) is 0 Å². The van der Waals surface area contributed by atoms with Crippen molar-refractivity contribution in [3.8, 4) is 11.5 Å². The predicted octanol–water partition coefficient (Wildman–Crippen LogP) is 1.29. The summed E-state index contributed by atoms with van der Waals surface area (Å²) in [5.74, 6) is 1.12. The zero-order valence-corrected chi connectivity index (χ0v) is 9.11. The maximum atomic E-state index is 11.1. The molecule has 0 saturated heterocycles. The van der Waals surface area contributed by atoms with Crippen molar-refractivity contribution in [3.63, 3.8) is 0 Å². The predicted molar refractivity (Wildman–Crippen MR) is 57.2 cm³/mol. The number of Topliss-reactive ketones (excluding diaryl/α,β-unsaturated/α-hetero) is 1. The van der Waals surface area contributed by atoms with Gasteiger partial charge < -0.3 is 15.2 Å². The Bertz CT molecular complexity index is 363. The second-order valence-corrected chi connectivity index (χ2v) is 3.20. The van der Waals surface area contributed by atoms with Crippen LogP contribution in [0.15, 0.2) is 18.2 Å². The number of carbonyl (C=O) groups is 1. The molecule has 0 amide bonds. The van der Waals surface area contributed by atoms with E-state index in [0.717, 1.165) is 5.56 Å². The van der Waals surface area contributed by atoms with Crippen molar-refractivity contribution in [1.29, 1.82) is 0 Å². The van der Waals surface area contributed by atoms with Crippen LogP contribution in [0.1, 0.15) is 18.5 Å². The Labute approximate surface area is 89.0 Å². The Hall–Kier alpha value is -1.55. The van der Waals surface area contributed by atoms with E-state index in [1.807, 2.05) is 0 Å². The average Bonchev–Trinajstić information content (AvgIpc) is 2.26. The molecule has 1 aromatic carbocycles. The minimum absolute atomic E-state index is 0.0813. The van der Waals surface area contributed by atoms with Gasteiger partial charge in [0.05, 0.1) is 20.3 Å². The number of benzene rings is 1. The summed E-state index contributed by atoms with van der Waals surface area (Å²) in [5.41, 5.74) is 6.43. The molecule has 0 aliphatic rings. The van der Waals surface area contributed by atoms with Crippen LogP contribution in [0.2, 0.25) is 0 Å². The van der Waals surface area contributed by atoms with Gasteiger partial charge in [-0.3, -0.25) is 4.79 Å². The molecule has 0 bridgehead atoms. The summed E-state index contributed by atoms with van der Waals surface area (Å²) < 4.78 is 10.2. The van der Waals surface area contributed by atoms with E-state index in [9.17, 15) is 4.79 Å². The molecule has 4 nitrogen and oxygen atoms in total. The maximum Gasteiger partial charge on any atom is 0.161 e. The Morgan fingerprint density at radius 3 is 2.33 bits per heavy atom. The van der Waals surface area contributed by atoms with Crippen molar-refractivity contribution >= 4 is 5.78 Å². The quantitative estimate of drug-likeness (QED) is 0.811. The van der Waals surface area contributed by atoms with Crippen LogP contribution < -0.4 is 15.2 Å². The molecule has 0 spiro atoms. The summed E-state index contributed by atoms with van der Waals surface area (Å²) in [6.07, 6.45) is 0. The average molecular weight is 209 g/mol. The van der Waals surface area contributed by atoms with Gasteiger partial charge in [0.15, 0.2) is 17.3 Å². The Balaban J connectivity index is 3.07. The van der Waals surface area contributed by atoms with Crippen LogP contribution in [0, 0.1) is 0 Å². The van der Waals surface area contributed by atoms with Crippen LogP contribution in [0.25, 0.3) is 0 Å². The van der Waals surface area contributed by atoms with E-state index in [1.54, 1.807) is 32.4 Å². The fourth-order valence-electron chi connectivity index (χ4n) is 1.28. The van der Waals surface area contributed by atoms with Crippen LogP contribution >= 0.6 is 0 Å². The molecule has 2 N–H and O–H groups in total. The largest absolute Gasteiger partial charge is 0.493 e. The normalized spacial score (nSPS) is 12.0. The van der Waals surface area contributed by atoms with Crippen molar-refractivity contribution in [1.82, 2.24) is 0 Å². The summed E-state index contributed by atoms with van der Waals surface area (Å²) in [6.45, 7) is 1.46. The van der Waals surface area contributed by atoms with Gasteiger partial charge in [-0.25, -0.2) is 0 Å². The van der Waals surface area contributed by atoms with E-state index < -0.39 is 6.04 Å². The number of ether oxygens (including phenoxy) is 2. The molecule has 0 aliphatic heterocycles. The first kappa shape index (κ1) is 11.5. The van der Waals surface area contributed by atoms with E-state index in [-0.39, 0.29) is 5.78 Å². The first-order chi connectivity index (χ1) is 7.10. The molecule has 1 atom stereocenters. The van der Waals surface area contributed by atoms with Crippen LogP contribution in [0.5, 0.6) is 11.5 Å². The van der Waals surface area contributed by atoms with Crippen LogP contribution in [0.4, 0.5) is 0 Å². The molecule has 1 unspecified atom stereocenters. The molecular formula is C11H15NO3. The zero-order chi connectivity index (χ0) is 11.4. The van der Waals surface area contributed by atoms with Crippen molar-refractivity contribution in [2.75, 3.05) is 14.2 Å². The SMILES string of the molecule is COc1ccc(C(N)C(C)=O)cc1OC. The molecule has 0 aliphatic carbocycles. The van der Waals surface area contributed by atoms with E-state index in [0.29, 0.717) is 11.5 Å². The van der Waals surface area contributed by atoms with Gasteiger partial charge in [0, 0.05) is 0 Å². The summed E-state index contributed by atoms with van der Waals surface area (Å²) in [6, 6.07) is 4.60. The first-order valence-electron chi connectivity index (χ1n) is 4.58. The first-order valence-corrected chi connectivity index (χ1v) is 4.58. The van der Waals surface area contributed by atoms with Gasteiger partial charge >= 0.3 is 0 Å². The molecular weight excluding hydrogens is 194 g/mol. The third-order valence-corrected chi connectivity index (χ3v) is 2.20. The van der Waals surface area contributed by atoms with Gasteiger partial charge in [0.2, 0.25) is 0 Å². The number of methoxy groups -OCH3 is 2. The standard InChI is InChI=1S/C11H15NO3/c1-7(13)11(12)8-4-5-9(14-2)10(6-8)15-3/h4-6,11H,12H2,1-3H3. The molecule has 0 radical (unpaired) electrons. The van der Waals surface area contributed by atoms with Crippen LogP contribution in [0.3, 0.4) is 0 Å². The third kappa shape index (κ3) is 2.47. The highest BCUT2D eigenvalue weighted by Gasteiger charge is 2.13. The van der Waals surface area contributed by atoms with Gasteiger partial charge in [-0.05, 0) is 24.6 Å². The second-order valence-electron chi connectivity index (χ2n) is 3.20. The molecule has 0 heterocycles. The molecule has 0 aromatic heterocycles. The Morgan fingerprint density at radius 1 is 1.27 bits per heavy atom. The molecule has 82 valence electrons. The smallest absolute Gasteiger partial charge is 0.161 e. The second kappa shape index (κ2) is 4.79. The van der Waals surface area contributed by atoms with Gasteiger partial charge in [-0.15, -0.1) is 0 Å². The monoisotopic (exact) mass is 209 g/mol. The maximum absolute atomic E-state index is 11.1. The fourth-order valence-corrected chi connectivity index (χ4v) is 1.28. The lowest BCUT2D eigenvalue weighted by Gasteiger charge is -2.12. The molecule has 0 fully saturated rings. The lowest BCUT2D eigenvalue weighted by molar-refractivity contribution is -0.118. The number of ketones is 1. The van der Waals surface area contributed by atoms with E-state index in [2.05, 4.69) is 0 Å². The van der Waals surface area contributed by atoms with Crippen molar-refractivity contribution in [2.45, 2.75) is 13.0 Å². The highest BCUT2D eigenvalue weighted by Crippen LogP contribution is 2.29. The summed E-state index contributed by atoms with van der Waals surface area (Å²) in [7, 11) is 3.10. The number of hydrogen-bond acceptors (Lipinski definition) is 4. The van der Waals surface area contributed by atoms with Crippen LogP contribution in [-0.4, -0.2) is 20.0 Å². The molecule has 1 aromatic rings. The van der Waals surface area contributed by atoms with Gasteiger partial charge in [-0.1, -0.05) is 6.07 Å². The van der Waals surface area contributed by atoms with Crippen molar-refractivity contribution in [3.05, 3.63) is 23.8 Å². The van der Waals surface area contributed by atoms with E-state index >= 15 is 0 Å². The van der Waals surface area contributed by atoms with Gasteiger partial charge in [0.1, 0.15) is 0 Å². The highest BCUT2D eigenvalue weighted by atomic mass is 16.5. The molecule has 15 heavy (non-hydrogen) atoms. The summed E-state index contributed by atoms with van der Waals surface area (Å²) in [5, 5.41) is 0. The summed E-state index contributed by atoms with van der Waals surface area (Å²) in [4.78, 5) is 11.1. The Kier molecular flexibility index (Phi) is 3.68. The van der Waals surface area contributed by atoms with Crippen molar-refractivity contribution < 1.29 is 14.3 Å². The molecule has 1 rings (SSSR count). The highest BCUT2D eigenvalue weighted by molar-refractivity contribution is 5.82. The zero-order valence-electron chi connectivity index (χ0n) is 9.11. The molecule has 4 heteroatoms. The fraction of sp³-hybridized carbons (Fsp3) is 0.364. The van der Waals surface area contributed by atoms with Crippen molar-refractivity contribution in [2.24, 2.45) is 5.73 Å². The van der Waals surface area contributed by atoms with E-state index in [4.69, 9.17) is 15.2 Å². The lowest BCUT2D eigenvalue weighted by Crippen LogP contribution is -2.18. The Morgan fingerprint density at radius 2 is 1.87 bits per heavy atom. The lowest BCUT2D eigenvalue weighted by atomic mass is 10.0. The van der Waals surface area contributed by atoms with Gasteiger partial charge in [0.25, 0.3) is 0 Å². The number of nitrogens with two attached hydrogens (primary N) is 1. The summed E-state index contributed by atoms with van der Waals surface area (Å²) >= 11 is 0. The number of carbonyl (C=O) groups excluding carboxylic acids is 1. The third-order valence-electron chi connectivity index (χ3n) is 2.20. The topological polar surface area (TPSA) is 61.5 Å². The van der Waals surface area contributed by atoms with E-state index in [1.165, 1.54) is 6.92 Å². The molecule has 0 saturated carbocycles.